The van der Waals surface area contributed by atoms with Crippen LogP contribution in [0.4, 0.5) is 0 Å². The molecule has 8 atom stereocenters. The molecule has 0 bridgehead atoms. The van der Waals surface area contributed by atoms with Crippen molar-refractivity contribution >= 4 is 11.9 Å². The minimum Gasteiger partial charge on any atom is -0.481 e. The van der Waals surface area contributed by atoms with Crippen molar-refractivity contribution in [3.63, 3.8) is 0 Å². The first-order chi connectivity index (χ1) is 16.1. The molecule has 3 N–H and O–H groups in total. The van der Waals surface area contributed by atoms with Gasteiger partial charge in [0.05, 0.1) is 16.9 Å². The van der Waals surface area contributed by atoms with E-state index in [2.05, 4.69) is 47.6 Å². The summed E-state index contributed by atoms with van der Waals surface area (Å²) in [5.74, 6) is -1.11. The van der Waals surface area contributed by atoms with Gasteiger partial charge in [0.2, 0.25) is 0 Å². The van der Waals surface area contributed by atoms with Crippen LogP contribution in [-0.2, 0) is 9.59 Å². The zero-order valence-corrected chi connectivity index (χ0v) is 22.6. The quantitative estimate of drug-likeness (QED) is 0.398. The molecule has 5 rings (SSSR count). The summed E-state index contributed by atoms with van der Waals surface area (Å²) in [5, 5.41) is 32.4. The molecule has 0 aliphatic heterocycles. The average molecular weight is 487 g/mol. The van der Waals surface area contributed by atoms with Crippen LogP contribution >= 0.6 is 0 Å². The van der Waals surface area contributed by atoms with Gasteiger partial charge in [0.15, 0.2) is 0 Å². The summed E-state index contributed by atoms with van der Waals surface area (Å²) < 4.78 is 0. The van der Waals surface area contributed by atoms with E-state index in [9.17, 15) is 24.9 Å². The molecule has 0 spiro atoms. The molecule has 5 nitrogen and oxygen atoms in total. The minimum absolute atomic E-state index is 0.0109. The van der Waals surface area contributed by atoms with Gasteiger partial charge in [-0.15, -0.1) is 0 Å². The van der Waals surface area contributed by atoms with Crippen molar-refractivity contribution in [2.45, 2.75) is 112 Å². The Morgan fingerprint density at radius 3 is 2.11 bits per heavy atom. The Morgan fingerprint density at radius 2 is 1.49 bits per heavy atom. The van der Waals surface area contributed by atoms with Crippen LogP contribution in [0.5, 0.6) is 0 Å². The molecule has 0 saturated heterocycles. The van der Waals surface area contributed by atoms with E-state index < -0.39 is 28.2 Å². The van der Waals surface area contributed by atoms with E-state index in [0.29, 0.717) is 25.2 Å². The Balaban J connectivity index is 1.67. The van der Waals surface area contributed by atoms with Gasteiger partial charge < -0.3 is 15.3 Å². The SMILES string of the molecule is CC1(C)CC[C@]2(C(=O)O)CC[C@]3(C(=O)O)C(=CC[C@@H]4[C@@]5(C)CC[C@H](O)C(C)(C)[C@@H]5CC[C@]43C)[C@@H]2C1. The third-order valence-electron chi connectivity index (χ3n) is 12.9. The van der Waals surface area contributed by atoms with Gasteiger partial charge in [0.1, 0.15) is 0 Å². The van der Waals surface area contributed by atoms with E-state index >= 15 is 0 Å². The fraction of sp³-hybridized carbons (Fsp3) is 0.867. The van der Waals surface area contributed by atoms with E-state index in [1.807, 2.05) is 0 Å². The topological polar surface area (TPSA) is 94.8 Å². The highest BCUT2D eigenvalue weighted by atomic mass is 16.4. The number of fused-ring (bicyclic) bond motifs is 7. The summed E-state index contributed by atoms with van der Waals surface area (Å²) in [6.45, 7) is 13.4. The molecule has 0 aromatic heterocycles. The highest BCUT2D eigenvalue weighted by Gasteiger charge is 2.73. The van der Waals surface area contributed by atoms with Crippen molar-refractivity contribution in [2.75, 3.05) is 0 Å². The number of hydrogen-bond donors (Lipinski definition) is 3. The normalized spacial score (nSPS) is 50.0. The van der Waals surface area contributed by atoms with E-state index in [1.54, 1.807) is 0 Å². The second-order valence-electron chi connectivity index (χ2n) is 14.9. The summed E-state index contributed by atoms with van der Waals surface area (Å²) in [6.07, 6.45) is 9.32. The third-order valence-corrected chi connectivity index (χ3v) is 12.9. The maximum atomic E-state index is 13.5. The Kier molecular flexibility index (Phi) is 5.32. The molecule has 35 heavy (non-hydrogen) atoms. The van der Waals surface area contributed by atoms with Crippen molar-refractivity contribution in [3.05, 3.63) is 11.6 Å². The van der Waals surface area contributed by atoms with E-state index in [1.165, 1.54) is 0 Å². The number of allylic oxidation sites excluding steroid dienone is 1. The zero-order chi connectivity index (χ0) is 25.8. The van der Waals surface area contributed by atoms with Crippen molar-refractivity contribution in [1.82, 2.24) is 0 Å². The Bertz CT molecular complexity index is 979. The first kappa shape index (κ1) is 25.3. The molecule has 5 aliphatic rings. The van der Waals surface area contributed by atoms with E-state index in [0.717, 1.165) is 50.5 Å². The van der Waals surface area contributed by atoms with Crippen molar-refractivity contribution in [3.8, 4) is 0 Å². The second-order valence-corrected chi connectivity index (χ2v) is 14.9. The summed E-state index contributed by atoms with van der Waals surface area (Å²) in [5.41, 5.74) is -1.51. The maximum absolute atomic E-state index is 13.5. The molecule has 196 valence electrons. The molecule has 0 radical (unpaired) electrons. The van der Waals surface area contributed by atoms with Crippen molar-refractivity contribution < 1.29 is 24.9 Å². The molecule has 5 heteroatoms. The Hall–Kier alpha value is -1.36. The highest BCUT2D eigenvalue weighted by Crippen LogP contribution is 2.75. The number of aliphatic hydroxyl groups is 1. The largest absolute Gasteiger partial charge is 0.481 e. The lowest BCUT2D eigenvalue weighted by Crippen LogP contribution is -2.67. The van der Waals surface area contributed by atoms with Gasteiger partial charge in [0, 0.05) is 0 Å². The lowest BCUT2D eigenvalue weighted by Gasteiger charge is -2.70. The predicted octanol–water partition coefficient (Wildman–Crippen LogP) is 6.30. The first-order valence-electron chi connectivity index (χ1n) is 13.9. The molecule has 0 heterocycles. The molecule has 0 aromatic carbocycles. The summed E-state index contributed by atoms with van der Waals surface area (Å²) in [6, 6.07) is 0. The number of rotatable bonds is 2. The molecular formula is C30H46O5. The van der Waals surface area contributed by atoms with Gasteiger partial charge in [0.25, 0.3) is 0 Å². The zero-order valence-electron chi connectivity index (χ0n) is 22.6. The Morgan fingerprint density at radius 1 is 0.829 bits per heavy atom. The van der Waals surface area contributed by atoms with Crippen LogP contribution in [0.2, 0.25) is 0 Å². The number of carboxylic acid groups (broad SMARTS) is 2. The number of aliphatic hydroxyl groups excluding tert-OH is 1. The van der Waals surface area contributed by atoms with E-state index in [4.69, 9.17) is 0 Å². The van der Waals surface area contributed by atoms with Crippen LogP contribution < -0.4 is 0 Å². The summed E-state index contributed by atoms with van der Waals surface area (Å²) >= 11 is 0. The molecule has 0 unspecified atom stereocenters. The van der Waals surface area contributed by atoms with E-state index in [-0.39, 0.29) is 34.2 Å². The number of carbonyl (C=O) groups is 2. The van der Waals surface area contributed by atoms with Gasteiger partial charge in [-0.2, -0.15) is 0 Å². The molecule has 4 fully saturated rings. The maximum Gasteiger partial charge on any atom is 0.314 e. The van der Waals surface area contributed by atoms with Crippen LogP contribution in [0.3, 0.4) is 0 Å². The number of hydrogen-bond acceptors (Lipinski definition) is 3. The summed E-state index contributed by atoms with van der Waals surface area (Å²) in [4.78, 5) is 26.3. The first-order valence-corrected chi connectivity index (χ1v) is 13.9. The Labute approximate surface area is 210 Å². The third kappa shape index (κ3) is 2.97. The number of aliphatic carboxylic acids is 2. The van der Waals surface area contributed by atoms with Gasteiger partial charge in [-0.1, -0.05) is 53.2 Å². The van der Waals surface area contributed by atoms with Crippen LogP contribution in [0.25, 0.3) is 0 Å². The molecule has 0 amide bonds. The lowest BCUT2D eigenvalue weighted by atomic mass is 9.33. The molecule has 4 saturated carbocycles. The smallest absolute Gasteiger partial charge is 0.314 e. The van der Waals surface area contributed by atoms with Gasteiger partial charge >= 0.3 is 11.9 Å². The van der Waals surface area contributed by atoms with Crippen LogP contribution in [0, 0.1) is 50.2 Å². The van der Waals surface area contributed by atoms with Gasteiger partial charge in [-0.05, 0) is 104 Å². The van der Waals surface area contributed by atoms with Crippen LogP contribution in [0.15, 0.2) is 11.6 Å². The molecular weight excluding hydrogens is 440 g/mol. The highest BCUT2D eigenvalue weighted by molar-refractivity contribution is 5.84. The fourth-order valence-corrected chi connectivity index (χ4v) is 10.7. The monoisotopic (exact) mass is 486 g/mol. The second kappa shape index (κ2) is 7.36. The van der Waals surface area contributed by atoms with Crippen molar-refractivity contribution in [2.24, 2.45) is 50.2 Å². The average Bonchev–Trinajstić information content (AvgIpc) is 2.75. The van der Waals surface area contributed by atoms with Crippen LogP contribution in [0.1, 0.15) is 106 Å². The summed E-state index contributed by atoms with van der Waals surface area (Å²) in [7, 11) is 0. The van der Waals surface area contributed by atoms with Gasteiger partial charge in [-0.3, -0.25) is 9.59 Å². The molecule has 5 aliphatic carbocycles. The molecule has 0 aromatic rings. The minimum atomic E-state index is -0.999. The number of carboxylic acids is 2. The predicted molar refractivity (Wildman–Crippen MR) is 135 cm³/mol. The standard InChI is InChI=1S/C30H46O5/c1-25(2)13-14-29(23(32)33)15-16-30(24(34)35)18(19(29)17-25)7-8-21-27(5)11-10-22(31)26(3,4)20(27)9-12-28(21,30)6/h7,19-22,31H,8-17H2,1-6H3,(H,32,33)(H,34,35)/t19-,20-,21+,22-,27-,28+,29-,30+/m0/s1. The fourth-order valence-electron chi connectivity index (χ4n) is 10.7. The van der Waals surface area contributed by atoms with Crippen LogP contribution in [-0.4, -0.2) is 33.4 Å². The van der Waals surface area contributed by atoms with Crippen molar-refractivity contribution in [1.29, 1.82) is 0 Å². The lowest BCUT2D eigenvalue weighted by molar-refractivity contribution is -0.215. The van der Waals surface area contributed by atoms with Gasteiger partial charge in [-0.25, -0.2) is 0 Å².